The maximum atomic E-state index is 3.89. The second-order valence-corrected chi connectivity index (χ2v) is 3.38. The maximum Gasteiger partial charge on any atom is 0.0712 e. The molecule has 0 bridgehead atoms. The summed E-state index contributed by atoms with van der Waals surface area (Å²) < 4.78 is 0. The zero-order chi connectivity index (χ0) is 6.85. The lowest BCUT2D eigenvalue weighted by molar-refractivity contribution is 0.244. The summed E-state index contributed by atoms with van der Waals surface area (Å²) in [6.45, 7) is 4.90. The van der Waals surface area contributed by atoms with Gasteiger partial charge in [0.05, 0.1) is 17.6 Å². The van der Waals surface area contributed by atoms with Gasteiger partial charge >= 0.3 is 0 Å². The van der Waals surface area contributed by atoms with Gasteiger partial charge in [0.15, 0.2) is 0 Å². The minimum Gasteiger partial charge on any atom is -0.357 e. The first-order chi connectivity index (χ1) is 4.20. The van der Waals surface area contributed by atoms with Crippen molar-refractivity contribution in [3.05, 3.63) is 11.6 Å². The smallest absolute Gasteiger partial charge is 0.0712 e. The first-order valence-corrected chi connectivity index (χ1v) is 3.90. The average Bonchev–Trinajstić information content (AvgIpc) is 1.80. The van der Waals surface area contributed by atoms with E-state index in [1.165, 1.54) is 5.03 Å². The molecule has 9 heavy (non-hydrogen) atoms. The predicted molar refractivity (Wildman–Crippen MR) is 42.0 cm³/mol. The molecule has 0 radical (unpaired) electrons. The molecule has 0 aromatic carbocycles. The van der Waals surface area contributed by atoms with Crippen LogP contribution in [0.5, 0.6) is 0 Å². The van der Waals surface area contributed by atoms with Gasteiger partial charge in [0.2, 0.25) is 0 Å². The van der Waals surface area contributed by atoms with E-state index in [4.69, 9.17) is 0 Å². The summed E-state index contributed by atoms with van der Waals surface area (Å²) in [7, 11) is 4.17. The van der Waals surface area contributed by atoms with Gasteiger partial charge in [0, 0.05) is 7.05 Å². The Morgan fingerprint density at radius 2 is 2.22 bits per heavy atom. The highest BCUT2D eigenvalue weighted by Crippen LogP contribution is 2.21. The SMILES string of the molecule is C=C1SCN(C)CN1C. The van der Waals surface area contributed by atoms with Crippen LogP contribution >= 0.6 is 11.8 Å². The molecule has 1 rings (SSSR count). The fraction of sp³-hybridized carbons (Fsp3) is 0.667. The van der Waals surface area contributed by atoms with Crippen LogP contribution in [0.25, 0.3) is 0 Å². The second-order valence-electron chi connectivity index (χ2n) is 2.36. The summed E-state index contributed by atoms with van der Waals surface area (Å²) in [5.74, 6) is 1.07. The monoisotopic (exact) mass is 144 g/mol. The van der Waals surface area contributed by atoms with E-state index in [0.717, 1.165) is 12.5 Å². The molecule has 2 nitrogen and oxygen atoms in total. The van der Waals surface area contributed by atoms with Crippen molar-refractivity contribution >= 4 is 11.8 Å². The molecule has 1 fully saturated rings. The molecule has 3 heteroatoms. The molecule has 1 aliphatic rings. The first-order valence-electron chi connectivity index (χ1n) is 2.91. The summed E-state index contributed by atoms with van der Waals surface area (Å²) in [5.41, 5.74) is 0. The third-order valence-electron chi connectivity index (χ3n) is 1.33. The van der Waals surface area contributed by atoms with Gasteiger partial charge in [-0.25, -0.2) is 0 Å². The summed E-state index contributed by atoms with van der Waals surface area (Å²) in [4.78, 5) is 4.40. The van der Waals surface area contributed by atoms with Crippen molar-refractivity contribution in [1.82, 2.24) is 9.80 Å². The third kappa shape index (κ3) is 1.63. The molecule has 0 N–H and O–H groups in total. The zero-order valence-corrected chi connectivity index (χ0v) is 6.74. The predicted octanol–water partition coefficient (Wildman–Crippen LogP) is 0.983. The Bertz CT molecular complexity index is 124. The number of hydrogen-bond donors (Lipinski definition) is 0. The minimum atomic E-state index is 1.01. The molecule has 0 spiro atoms. The van der Waals surface area contributed by atoms with Crippen LogP contribution in [0.1, 0.15) is 0 Å². The lowest BCUT2D eigenvalue weighted by Crippen LogP contribution is -2.35. The van der Waals surface area contributed by atoms with E-state index in [1.807, 2.05) is 0 Å². The zero-order valence-electron chi connectivity index (χ0n) is 5.92. The van der Waals surface area contributed by atoms with Crippen LogP contribution in [-0.4, -0.2) is 36.4 Å². The fourth-order valence-electron chi connectivity index (χ4n) is 0.777. The van der Waals surface area contributed by atoms with Gasteiger partial charge < -0.3 is 4.90 Å². The quantitative estimate of drug-likeness (QED) is 0.500. The van der Waals surface area contributed by atoms with Gasteiger partial charge in [-0.2, -0.15) is 0 Å². The molecule has 0 unspecified atom stereocenters. The summed E-state index contributed by atoms with van der Waals surface area (Å²) in [5, 5.41) is 1.17. The number of rotatable bonds is 0. The van der Waals surface area contributed by atoms with E-state index >= 15 is 0 Å². The lowest BCUT2D eigenvalue weighted by Gasteiger charge is -2.32. The molecule has 0 aliphatic carbocycles. The minimum absolute atomic E-state index is 1.01. The fourth-order valence-corrected chi connectivity index (χ4v) is 1.51. The molecule has 0 saturated carbocycles. The van der Waals surface area contributed by atoms with Crippen LogP contribution in [0.2, 0.25) is 0 Å². The van der Waals surface area contributed by atoms with Crippen LogP contribution in [0.15, 0.2) is 11.6 Å². The Morgan fingerprint density at radius 3 is 2.67 bits per heavy atom. The van der Waals surface area contributed by atoms with Crippen molar-refractivity contribution in [2.75, 3.05) is 26.6 Å². The molecule has 0 aromatic heterocycles. The Hall–Kier alpha value is -0.150. The molecule has 1 aliphatic heterocycles. The van der Waals surface area contributed by atoms with Gasteiger partial charge in [-0.1, -0.05) is 18.3 Å². The highest BCUT2D eigenvalue weighted by atomic mass is 32.2. The van der Waals surface area contributed by atoms with Crippen LogP contribution < -0.4 is 0 Å². The average molecular weight is 144 g/mol. The topological polar surface area (TPSA) is 6.48 Å². The molecule has 0 atom stereocenters. The highest BCUT2D eigenvalue weighted by Gasteiger charge is 2.12. The van der Waals surface area contributed by atoms with E-state index in [9.17, 15) is 0 Å². The Kier molecular flexibility index (Phi) is 2.03. The van der Waals surface area contributed by atoms with Crippen LogP contribution in [0, 0.1) is 0 Å². The van der Waals surface area contributed by atoms with Crippen molar-refractivity contribution < 1.29 is 0 Å². The largest absolute Gasteiger partial charge is 0.357 e. The van der Waals surface area contributed by atoms with Crippen molar-refractivity contribution in [1.29, 1.82) is 0 Å². The molecule has 0 amide bonds. The Morgan fingerprint density at radius 1 is 1.56 bits per heavy atom. The van der Waals surface area contributed by atoms with E-state index in [2.05, 4.69) is 30.5 Å². The van der Waals surface area contributed by atoms with E-state index in [-0.39, 0.29) is 0 Å². The maximum absolute atomic E-state index is 3.89. The third-order valence-corrected chi connectivity index (χ3v) is 2.55. The number of thioether (sulfide) groups is 1. The summed E-state index contributed by atoms with van der Waals surface area (Å²) >= 11 is 1.79. The van der Waals surface area contributed by atoms with Gasteiger partial charge in [0.25, 0.3) is 0 Å². The Balaban J connectivity index is 2.44. The summed E-state index contributed by atoms with van der Waals surface area (Å²) in [6.07, 6.45) is 0. The summed E-state index contributed by atoms with van der Waals surface area (Å²) in [6, 6.07) is 0. The molecule has 1 heterocycles. The second kappa shape index (κ2) is 2.62. The van der Waals surface area contributed by atoms with Gasteiger partial charge in [-0.05, 0) is 7.05 Å². The van der Waals surface area contributed by atoms with Crippen molar-refractivity contribution in [2.24, 2.45) is 0 Å². The number of nitrogens with zero attached hydrogens (tertiary/aromatic N) is 2. The first kappa shape index (κ1) is 6.96. The van der Waals surface area contributed by atoms with Crippen molar-refractivity contribution in [3.8, 4) is 0 Å². The van der Waals surface area contributed by atoms with Crippen molar-refractivity contribution in [2.45, 2.75) is 0 Å². The van der Waals surface area contributed by atoms with E-state index in [0.29, 0.717) is 0 Å². The van der Waals surface area contributed by atoms with Gasteiger partial charge in [0.1, 0.15) is 0 Å². The standard InChI is InChI=1S/C6H12N2S/c1-6-8(3)4-7(2)5-9-6/h1,4-5H2,2-3H3. The Labute approximate surface area is 60.5 Å². The molecule has 1 saturated heterocycles. The normalized spacial score (nSPS) is 22.9. The van der Waals surface area contributed by atoms with Crippen LogP contribution in [-0.2, 0) is 0 Å². The van der Waals surface area contributed by atoms with Crippen molar-refractivity contribution in [3.63, 3.8) is 0 Å². The molecular formula is C6H12N2S. The van der Waals surface area contributed by atoms with Gasteiger partial charge in [-0.3, -0.25) is 4.90 Å². The molecular weight excluding hydrogens is 132 g/mol. The van der Waals surface area contributed by atoms with Crippen LogP contribution in [0.4, 0.5) is 0 Å². The van der Waals surface area contributed by atoms with E-state index in [1.54, 1.807) is 11.8 Å². The molecule has 0 aromatic rings. The van der Waals surface area contributed by atoms with E-state index < -0.39 is 0 Å². The van der Waals surface area contributed by atoms with Gasteiger partial charge in [-0.15, -0.1) is 0 Å². The molecule has 52 valence electrons. The lowest BCUT2D eigenvalue weighted by atomic mass is 10.7. The van der Waals surface area contributed by atoms with Crippen LogP contribution in [0.3, 0.4) is 0 Å². The number of hydrogen-bond acceptors (Lipinski definition) is 3. The highest BCUT2D eigenvalue weighted by molar-refractivity contribution is 8.02.